The van der Waals surface area contributed by atoms with Gasteiger partial charge in [0.05, 0.1) is 18.4 Å². The fourth-order valence-electron chi connectivity index (χ4n) is 1.79. The number of nitrogens with one attached hydrogen (secondary N) is 1. The SMILES string of the molecule is C=C(C)C(=O)NCc1cnc(-c2ccccc2)n1C. The third kappa shape index (κ3) is 2.91. The number of amides is 1. The van der Waals surface area contributed by atoms with Gasteiger partial charge >= 0.3 is 0 Å². The number of aromatic nitrogens is 2. The Bertz CT molecular complexity index is 599. The summed E-state index contributed by atoms with van der Waals surface area (Å²) in [6.45, 7) is 5.74. The monoisotopic (exact) mass is 255 g/mol. The van der Waals surface area contributed by atoms with E-state index in [-0.39, 0.29) is 5.91 Å². The Kier molecular flexibility index (Phi) is 3.80. The molecule has 0 aliphatic heterocycles. The van der Waals surface area contributed by atoms with Gasteiger partial charge in [0.2, 0.25) is 5.91 Å². The van der Waals surface area contributed by atoms with E-state index in [0.29, 0.717) is 12.1 Å². The first-order valence-electron chi connectivity index (χ1n) is 6.09. The first-order valence-corrected chi connectivity index (χ1v) is 6.09. The maximum Gasteiger partial charge on any atom is 0.246 e. The number of imidazole rings is 1. The van der Waals surface area contributed by atoms with E-state index < -0.39 is 0 Å². The third-order valence-corrected chi connectivity index (χ3v) is 2.93. The molecule has 98 valence electrons. The summed E-state index contributed by atoms with van der Waals surface area (Å²) in [4.78, 5) is 15.9. The Balaban J connectivity index is 2.15. The summed E-state index contributed by atoms with van der Waals surface area (Å²) < 4.78 is 1.98. The molecule has 0 radical (unpaired) electrons. The van der Waals surface area contributed by atoms with Crippen molar-refractivity contribution in [3.8, 4) is 11.4 Å². The Labute approximate surface area is 112 Å². The van der Waals surface area contributed by atoms with Crippen molar-refractivity contribution in [3.63, 3.8) is 0 Å². The lowest BCUT2D eigenvalue weighted by molar-refractivity contribution is -0.117. The molecule has 1 amide bonds. The molecular formula is C15H17N3O. The highest BCUT2D eigenvalue weighted by atomic mass is 16.1. The van der Waals surface area contributed by atoms with Crippen LogP contribution in [-0.4, -0.2) is 15.5 Å². The minimum absolute atomic E-state index is 0.137. The van der Waals surface area contributed by atoms with Crippen LogP contribution in [0.4, 0.5) is 0 Å². The summed E-state index contributed by atoms with van der Waals surface area (Å²) >= 11 is 0. The van der Waals surface area contributed by atoms with Crippen molar-refractivity contribution in [2.24, 2.45) is 7.05 Å². The fourth-order valence-corrected chi connectivity index (χ4v) is 1.79. The van der Waals surface area contributed by atoms with E-state index in [1.54, 1.807) is 13.1 Å². The lowest BCUT2D eigenvalue weighted by Gasteiger charge is -2.07. The van der Waals surface area contributed by atoms with Gasteiger partial charge in [0.1, 0.15) is 5.82 Å². The van der Waals surface area contributed by atoms with Gasteiger partial charge in [-0.3, -0.25) is 4.79 Å². The van der Waals surface area contributed by atoms with Crippen LogP contribution >= 0.6 is 0 Å². The van der Waals surface area contributed by atoms with Crippen LogP contribution in [0.2, 0.25) is 0 Å². The van der Waals surface area contributed by atoms with Gasteiger partial charge in [0.25, 0.3) is 0 Å². The van der Waals surface area contributed by atoms with Crippen molar-refractivity contribution in [2.75, 3.05) is 0 Å². The first-order chi connectivity index (χ1) is 9.09. The average Bonchev–Trinajstić information content (AvgIpc) is 2.78. The van der Waals surface area contributed by atoms with E-state index >= 15 is 0 Å². The Hall–Kier alpha value is -2.36. The maximum atomic E-state index is 11.5. The maximum absolute atomic E-state index is 11.5. The highest BCUT2D eigenvalue weighted by Gasteiger charge is 2.09. The van der Waals surface area contributed by atoms with Gasteiger partial charge in [-0.25, -0.2) is 4.98 Å². The van der Waals surface area contributed by atoms with Crippen LogP contribution in [0.25, 0.3) is 11.4 Å². The van der Waals surface area contributed by atoms with Crippen molar-refractivity contribution in [3.05, 3.63) is 54.4 Å². The molecule has 4 nitrogen and oxygen atoms in total. The fraction of sp³-hybridized carbons (Fsp3) is 0.200. The van der Waals surface area contributed by atoms with Gasteiger partial charge in [0.15, 0.2) is 0 Å². The molecule has 1 aromatic heterocycles. The summed E-state index contributed by atoms with van der Waals surface area (Å²) in [5.74, 6) is 0.752. The number of carbonyl (C=O) groups excluding carboxylic acids is 1. The molecule has 19 heavy (non-hydrogen) atoms. The zero-order chi connectivity index (χ0) is 13.8. The van der Waals surface area contributed by atoms with Gasteiger partial charge in [0, 0.05) is 18.2 Å². The molecule has 0 saturated heterocycles. The molecule has 0 aliphatic carbocycles. The summed E-state index contributed by atoms with van der Waals surface area (Å²) in [5, 5.41) is 2.80. The number of carbonyl (C=O) groups is 1. The van der Waals surface area contributed by atoms with Crippen molar-refractivity contribution in [1.82, 2.24) is 14.9 Å². The molecule has 0 saturated carbocycles. The van der Waals surface area contributed by atoms with Gasteiger partial charge in [-0.05, 0) is 6.92 Å². The molecule has 2 rings (SSSR count). The van der Waals surface area contributed by atoms with Crippen LogP contribution < -0.4 is 5.32 Å². The molecule has 0 spiro atoms. The first kappa shape index (κ1) is 13.1. The lowest BCUT2D eigenvalue weighted by atomic mass is 10.2. The number of benzene rings is 1. The largest absolute Gasteiger partial charge is 0.347 e. The molecular weight excluding hydrogens is 238 g/mol. The van der Waals surface area contributed by atoms with Gasteiger partial charge in [-0.15, -0.1) is 0 Å². The van der Waals surface area contributed by atoms with E-state index in [2.05, 4.69) is 16.9 Å². The normalized spacial score (nSPS) is 10.2. The lowest BCUT2D eigenvalue weighted by Crippen LogP contribution is -2.24. The number of nitrogens with zero attached hydrogens (tertiary/aromatic N) is 2. The molecule has 0 fully saturated rings. The Morgan fingerprint density at radius 2 is 2.05 bits per heavy atom. The van der Waals surface area contributed by atoms with E-state index in [1.807, 2.05) is 41.9 Å². The standard InChI is InChI=1S/C15H17N3O/c1-11(2)15(19)17-10-13-9-16-14(18(13)3)12-7-5-4-6-8-12/h4-9H,1,10H2,2-3H3,(H,17,19). The molecule has 0 bridgehead atoms. The van der Waals surface area contributed by atoms with Crippen molar-refractivity contribution in [2.45, 2.75) is 13.5 Å². The second-order valence-electron chi connectivity index (χ2n) is 4.46. The summed E-state index contributed by atoms with van der Waals surface area (Å²) in [6, 6.07) is 9.96. The van der Waals surface area contributed by atoms with Crippen molar-refractivity contribution < 1.29 is 4.79 Å². The Morgan fingerprint density at radius 3 is 2.68 bits per heavy atom. The van der Waals surface area contributed by atoms with Crippen LogP contribution in [0.15, 0.2) is 48.7 Å². The van der Waals surface area contributed by atoms with Crippen LogP contribution in [0.3, 0.4) is 0 Å². The quantitative estimate of drug-likeness (QED) is 0.852. The summed E-state index contributed by atoms with van der Waals surface area (Å²) in [5.41, 5.74) is 2.52. The Morgan fingerprint density at radius 1 is 1.37 bits per heavy atom. The zero-order valence-corrected chi connectivity index (χ0v) is 11.2. The summed E-state index contributed by atoms with van der Waals surface area (Å²) in [7, 11) is 1.94. The zero-order valence-electron chi connectivity index (χ0n) is 11.2. The molecule has 2 aromatic rings. The van der Waals surface area contributed by atoms with Crippen molar-refractivity contribution >= 4 is 5.91 Å². The third-order valence-electron chi connectivity index (χ3n) is 2.93. The second kappa shape index (κ2) is 5.52. The second-order valence-corrected chi connectivity index (χ2v) is 4.46. The molecule has 0 atom stereocenters. The topological polar surface area (TPSA) is 46.9 Å². The molecule has 1 aromatic carbocycles. The minimum atomic E-state index is -0.137. The molecule has 1 N–H and O–H groups in total. The van der Waals surface area contributed by atoms with E-state index in [9.17, 15) is 4.79 Å². The van der Waals surface area contributed by atoms with Crippen LogP contribution in [-0.2, 0) is 18.4 Å². The minimum Gasteiger partial charge on any atom is -0.347 e. The van der Waals surface area contributed by atoms with Crippen LogP contribution in [0, 0.1) is 0 Å². The average molecular weight is 255 g/mol. The van der Waals surface area contributed by atoms with E-state index in [1.165, 1.54) is 0 Å². The number of rotatable bonds is 4. The number of hydrogen-bond acceptors (Lipinski definition) is 2. The highest BCUT2D eigenvalue weighted by molar-refractivity contribution is 5.91. The number of hydrogen-bond donors (Lipinski definition) is 1. The summed E-state index contributed by atoms with van der Waals surface area (Å²) in [6.07, 6.45) is 1.78. The van der Waals surface area contributed by atoms with Gasteiger partial charge < -0.3 is 9.88 Å². The predicted molar refractivity (Wildman–Crippen MR) is 75.3 cm³/mol. The van der Waals surface area contributed by atoms with Crippen molar-refractivity contribution in [1.29, 1.82) is 0 Å². The van der Waals surface area contributed by atoms with E-state index in [4.69, 9.17) is 0 Å². The molecule has 0 unspecified atom stereocenters. The van der Waals surface area contributed by atoms with Gasteiger partial charge in [-0.1, -0.05) is 36.9 Å². The molecule has 4 heteroatoms. The van der Waals surface area contributed by atoms with E-state index in [0.717, 1.165) is 17.1 Å². The molecule has 0 aliphatic rings. The van der Waals surface area contributed by atoms with Crippen LogP contribution in [0.5, 0.6) is 0 Å². The molecule has 1 heterocycles. The van der Waals surface area contributed by atoms with Crippen LogP contribution in [0.1, 0.15) is 12.6 Å². The van der Waals surface area contributed by atoms with Gasteiger partial charge in [-0.2, -0.15) is 0 Å². The highest BCUT2D eigenvalue weighted by Crippen LogP contribution is 2.17. The smallest absolute Gasteiger partial charge is 0.246 e. The predicted octanol–water partition coefficient (Wildman–Crippen LogP) is 2.28.